The van der Waals surface area contributed by atoms with E-state index in [2.05, 4.69) is 17.2 Å². The van der Waals surface area contributed by atoms with E-state index in [0.717, 1.165) is 13.0 Å². The summed E-state index contributed by atoms with van der Waals surface area (Å²) in [5, 5.41) is 3.04. The van der Waals surface area contributed by atoms with Crippen molar-refractivity contribution >= 4 is 36.0 Å². The number of nitrogens with one attached hydrogen (secondary N) is 1. The lowest BCUT2D eigenvalue weighted by Crippen LogP contribution is -2.44. The van der Waals surface area contributed by atoms with Crippen LogP contribution in [0.25, 0.3) is 0 Å². The molecule has 0 aromatic carbocycles. The SMILES string of the molecule is CCCCCCN=C(N)NCCN(CCOC)C(=O)OC(C)(C)C.I. The Bertz CT molecular complexity index is 373. The van der Waals surface area contributed by atoms with Crippen LogP contribution in [-0.4, -0.2) is 62.4 Å². The van der Waals surface area contributed by atoms with E-state index in [1.54, 1.807) is 12.0 Å². The fraction of sp³-hybridized carbons (Fsp3) is 0.882. The molecule has 0 bridgehead atoms. The Morgan fingerprint density at radius 3 is 2.44 bits per heavy atom. The maximum atomic E-state index is 12.2. The highest BCUT2D eigenvalue weighted by Gasteiger charge is 2.21. The number of methoxy groups -OCH3 is 1. The first kappa shape index (κ1) is 26.5. The number of hydrogen-bond acceptors (Lipinski definition) is 4. The van der Waals surface area contributed by atoms with Crippen LogP contribution in [0.1, 0.15) is 53.4 Å². The lowest BCUT2D eigenvalue weighted by atomic mass is 10.2. The van der Waals surface area contributed by atoms with E-state index >= 15 is 0 Å². The Kier molecular flexibility index (Phi) is 16.4. The van der Waals surface area contributed by atoms with E-state index in [1.807, 2.05) is 20.8 Å². The molecule has 0 aromatic heterocycles. The third-order valence-corrected chi connectivity index (χ3v) is 3.20. The number of aliphatic imine (C=N–C) groups is 1. The molecular formula is C17H37IN4O3. The van der Waals surface area contributed by atoms with Crippen LogP contribution >= 0.6 is 24.0 Å². The molecule has 0 saturated carbocycles. The van der Waals surface area contributed by atoms with Crippen molar-refractivity contribution in [3.63, 3.8) is 0 Å². The Labute approximate surface area is 170 Å². The summed E-state index contributed by atoms with van der Waals surface area (Å²) in [5.74, 6) is 0.419. The highest BCUT2D eigenvalue weighted by Crippen LogP contribution is 2.09. The molecule has 0 saturated heterocycles. The maximum absolute atomic E-state index is 12.2. The summed E-state index contributed by atoms with van der Waals surface area (Å²) in [4.78, 5) is 18.1. The molecule has 7 nitrogen and oxygen atoms in total. The van der Waals surface area contributed by atoms with Crippen molar-refractivity contribution in [3.05, 3.63) is 0 Å². The number of halogens is 1. The van der Waals surface area contributed by atoms with Gasteiger partial charge in [0, 0.05) is 33.3 Å². The standard InChI is InChI=1S/C17H36N4O3.HI/c1-6-7-8-9-10-19-15(18)20-11-12-21(13-14-23-5)16(22)24-17(2,3)4;/h6-14H2,1-5H3,(H3,18,19,20);1H. The number of carbonyl (C=O) groups excluding carboxylic acids is 1. The summed E-state index contributed by atoms with van der Waals surface area (Å²) in [6.45, 7) is 10.4. The quantitative estimate of drug-likeness (QED) is 0.209. The Morgan fingerprint density at radius 2 is 1.88 bits per heavy atom. The highest BCUT2D eigenvalue weighted by atomic mass is 127. The third kappa shape index (κ3) is 16.4. The molecule has 0 aromatic rings. The summed E-state index contributed by atoms with van der Waals surface area (Å²) in [5.41, 5.74) is 5.31. The molecule has 0 aliphatic rings. The molecule has 0 rings (SSSR count). The summed E-state index contributed by atoms with van der Waals surface area (Å²) < 4.78 is 10.4. The van der Waals surface area contributed by atoms with Gasteiger partial charge in [0.1, 0.15) is 5.60 Å². The van der Waals surface area contributed by atoms with E-state index in [-0.39, 0.29) is 30.1 Å². The van der Waals surface area contributed by atoms with E-state index in [9.17, 15) is 4.79 Å². The zero-order valence-corrected chi connectivity index (χ0v) is 18.8. The average molecular weight is 472 g/mol. The van der Waals surface area contributed by atoms with Gasteiger partial charge >= 0.3 is 6.09 Å². The average Bonchev–Trinajstić information content (AvgIpc) is 2.48. The number of ether oxygens (including phenoxy) is 2. The zero-order chi connectivity index (χ0) is 18.4. The number of nitrogens with two attached hydrogens (primary N) is 1. The van der Waals surface area contributed by atoms with Crippen molar-refractivity contribution in [1.82, 2.24) is 10.2 Å². The van der Waals surface area contributed by atoms with Crippen LogP contribution in [-0.2, 0) is 9.47 Å². The minimum absolute atomic E-state index is 0. The number of carbonyl (C=O) groups is 1. The van der Waals surface area contributed by atoms with Gasteiger partial charge in [-0.15, -0.1) is 24.0 Å². The van der Waals surface area contributed by atoms with Crippen molar-refractivity contribution < 1.29 is 14.3 Å². The molecule has 0 fully saturated rings. The number of amides is 1. The molecule has 0 unspecified atom stereocenters. The summed E-state index contributed by atoms with van der Waals surface area (Å²) >= 11 is 0. The van der Waals surface area contributed by atoms with Gasteiger partial charge in [0.2, 0.25) is 0 Å². The van der Waals surface area contributed by atoms with Crippen molar-refractivity contribution in [2.75, 3.05) is 39.9 Å². The van der Waals surface area contributed by atoms with Crippen molar-refractivity contribution in [2.45, 2.75) is 59.0 Å². The number of guanidine groups is 1. The lowest BCUT2D eigenvalue weighted by Gasteiger charge is -2.27. The van der Waals surface area contributed by atoms with Gasteiger partial charge in [-0.2, -0.15) is 0 Å². The normalized spacial score (nSPS) is 11.6. The van der Waals surface area contributed by atoms with E-state index in [0.29, 0.717) is 32.2 Å². The van der Waals surface area contributed by atoms with Crippen LogP contribution in [0.15, 0.2) is 4.99 Å². The fourth-order valence-electron chi connectivity index (χ4n) is 1.94. The molecule has 150 valence electrons. The Morgan fingerprint density at radius 1 is 1.20 bits per heavy atom. The van der Waals surface area contributed by atoms with E-state index < -0.39 is 5.60 Å². The molecule has 1 amide bonds. The first-order chi connectivity index (χ1) is 11.3. The van der Waals surface area contributed by atoms with Crippen molar-refractivity contribution in [2.24, 2.45) is 10.7 Å². The predicted octanol–water partition coefficient (Wildman–Crippen LogP) is 2.97. The van der Waals surface area contributed by atoms with Gasteiger partial charge in [0.05, 0.1) is 6.61 Å². The molecule has 0 radical (unpaired) electrons. The van der Waals surface area contributed by atoms with Crippen LogP contribution in [0.3, 0.4) is 0 Å². The van der Waals surface area contributed by atoms with Crippen molar-refractivity contribution in [1.29, 1.82) is 0 Å². The number of rotatable bonds is 11. The van der Waals surface area contributed by atoms with Gasteiger partial charge in [0.25, 0.3) is 0 Å². The predicted molar refractivity (Wildman–Crippen MR) is 114 cm³/mol. The fourth-order valence-corrected chi connectivity index (χ4v) is 1.94. The topological polar surface area (TPSA) is 89.2 Å². The van der Waals surface area contributed by atoms with Gasteiger partial charge < -0.3 is 25.4 Å². The second kappa shape index (κ2) is 15.5. The molecule has 0 aliphatic carbocycles. The van der Waals surface area contributed by atoms with E-state index in [1.165, 1.54) is 19.3 Å². The summed E-state index contributed by atoms with van der Waals surface area (Å²) in [7, 11) is 1.61. The number of nitrogens with zero attached hydrogens (tertiary/aromatic N) is 2. The van der Waals surface area contributed by atoms with Gasteiger partial charge in [0.15, 0.2) is 5.96 Å². The first-order valence-electron chi connectivity index (χ1n) is 8.80. The van der Waals surface area contributed by atoms with Gasteiger partial charge in [-0.3, -0.25) is 4.99 Å². The molecule has 25 heavy (non-hydrogen) atoms. The molecule has 0 atom stereocenters. The maximum Gasteiger partial charge on any atom is 0.410 e. The van der Waals surface area contributed by atoms with Crippen LogP contribution in [0, 0.1) is 0 Å². The minimum atomic E-state index is -0.519. The summed E-state index contributed by atoms with van der Waals surface area (Å²) in [6, 6.07) is 0. The second-order valence-electron chi connectivity index (χ2n) is 6.71. The highest BCUT2D eigenvalue weighted by molar-refractivity contribution is 14.0. The third-order valence-electron chi connectivity index (χ3n) is 3.20. The minimum Gasteiger partial charge on any atom is -0.444 e. The number of hydrogen-bond donors (Lipinski definition) is 2. The first-order valence-corrected chi connectivity index (χ1v) is 8.80. The molecule has 0 aliphatic heterocycles. The zero-order valence-electron chi connectivity index (χ0n) is 16.5. The second-order valence-corrected chi connectivity index (χ2v) is 6.71. The molecule has 0 heterocycles. The van der Waals surface area contributed by atoms with Gasteiger partial charge in [-0.1, -0.05) is 26.2 Å². The largest absolute Gasteiger partial charge is 0.444 e. The molecular weight excluding hydrogens is 435 g/mol. The van der Waals surface area contributed by atoms with E-state index in [4.69, 9.17) is 15.2 Å². The summed E-state index contributed by atoms with van der Waals surface area (Å²) in [6.07, 6.45) is 4.31. The smallest absolute Gasteiger partial charge is 0.410 e. The van der Waals surface area contributed by atoms with Gasteiger partial charge in [-0.25, -0.2) is 4.79 Å². The number of unbranched alkanes of at least 4 members (excludes halogenated alkanes) is 3. The van der Waals surface area contributed by atoms with Crippen LogP contribution in [0.4, 0.5) is 4.79 Å². The Balaban J connectivity index is 0. The van der Waals surface area contributed by atoms with Crippen LogP contribution < -0.4 is 11.1 Å². The van der Waals surface area contributed by atoms with Crippen LogP contribution in [0.2, 0.25) is 0 Å². The van der Waals surface area contributed by atoms with Gasteiger partial charge in [-0.05, 0) is 27.2 Å². The molecule has 8 heteroatoms. The van der Waals surface area contributed by atoms with Crippen molar-refractivity contribution in [3.8, 4) is 0 Å². The molecule has 3 N–H and O–H groups in total. The molecule has 0 spiro atoms. The monoisotopic (exact) mass is 472 g/mol. The lowest BCUT2D eigenvalue weighted by molar-refractivity contribution is 0.0206. The Hall–Kier alpha value is -0.770. The van der Waals surface area contributed by atoms with Crippen LogP contribution in [0.5, 0.6) is 0 Å².